The maximum absolute atomic E-state index is 10.9. The molecule has 7 heteroatoms. The lowest BCUT2D eigenvalue weighted by Crippen LogP contribution is -2.46. The van der Waals surface area contributed by atoms with Crippen LogP contribution < -0.4 is 10.9 Å². The minimum absolute atomic E-state index is 0.371. The third-order valence-corrected chi connectivity index (χ3v) is 3.62. The molecule has 0 atom stereocenters. The zero-order valence-corrected chi connectivity index (χ0v) is 7.96. The van der Waals surface area contributed by atoms with Crippen LogP contribution in [0.5, 0.6) is 0 Å². The summed E-state index contributed by atoms with van der Waals surface area (Å²) in [5.74, 6) is 0. The lowest BCUT2D eigenvalue weighted by molar-refractivity contribution is 0.196. The van der Waals surface area contributed by atoms with Gasteiger partial charge in [-0.25, -0.2) is 18.4 Å². The lowest BCUT2D eigenvalue weighted by Gasteiger charge is -2.29. The summed E-state index contributed by atoms with van der Waals surface area (Å²) in [7, 11) is -3.45. The highest BCUT2D eigenvalue weighted by Gasteiger charge is 2.28. The van der Waals surface area contributed by atoms with E-state index in [9.17, 15) is 13.2 Å². The highest BCUT2D eigenvalue weighted by molar-refractivity contribution is 7.89. The Kier molecular flexibility index (Phi) is 2.77. The molecule has 13 heavy (non-hydrogen) atoms. The van der Waals surface area contributed by atoms with E-state index in [1.807, 2.05) is 0 Å². The number of hydrogen-bond acceptors (Lipinski definition) is 3. The fraction of sp³-hybridized carbons (Fsp3) is 0.833. The molecular formula is C6H13N3O3S. The molecule has 0 aliphatic carbocycles. The van der Waals surface area contributed by atoms with Crippen LogP contribution in [0.3, 0.4) is 0 Å². The molecule has 1 saturated heterocycles. The van der Waals surface area contributed by atoms with Gasteiger partial charge in [0, 0.05) is 13.1 Å². The lowest BCUT2D eigenvalue weighted by atomic mass is 10.1. The molecule has 0 spiro atoms. The zero-order valence-electron chi connectivity index (χ0n) is 7.14. The number of primary amides is 1. The van der Waals surface area contributed by atoms with Crippen molar-refractivity contribution < 1.29 is 13.2 Å². The van der Waals surface area contributed by atoms with Gasteiger partial charge >= 0.3 is 6.03 Å². The summed E-state index contributed by atoms with van der Waals surface area (Å²) in [5, 5.41) is 4.44. The van der Waals surface area contributed by atoms with Gasteiger partial charge in [-0.1, -0.05) is 0 Å². The van der Waals surface area contributed by atoms with Gasteiger partial charge in [0.15, 0.2) is 0 Å². The van der Waals surface area contributed by atoms with Crippen molar-refractivity contribution in [2.24, 2.45) is 10.9 Å². The number of carbonyl (C=O) groups excluding carboxylic acids is 1. The molecule has 0 bridgehead atoms. The number of sulfonamides is 1. The van der Waals surface area contributed by atoms with Crippen LogP contribution in [0.4, 0.5) is 4.79 Å². The molecule has 1 aliphatic heterocycles. The number of likely N-dealkylation sites (tertiary alicyclic amines) is 1. The first-order valence-electron chi connectivity index (χ1n) is 3.97. The average Bonchev–Trinajstić information content (AvgIpc) is 2.03. The molecule has 0 unspecified atom stereocenters. The van der Waals surface area contributed by atoms with Crippen LogP contribution in [-0.2, 0) is 10.0 Å². The van der Waals surface area contributed by atoms with E-state index < -0.39 is 21.3 Å². The molecule has 0 saturated carbocycles. The standard InChI is InChI=1S/C6H13N3O3S/c7-6(10)9-3-1-5(2-4-9)13(8,11)12/h5H,1-4H2,(H2,7,10)(H2,8,11,12). The maximum atomic E-state index is 10.9. The third kappa shape index (κ3) is 2.56. The van der Waals surface area contributed by atoms with E-state index in [1.54, 1.807) is 0 Å². The second-order valence-electron chi connectivity index (χ2n) is 3.11. The SMILES string of the molecule is NC(=O)N1CCC(S(N)(=O)=O)CC1. The van der Waals surface area contributed by atoms with Gasteiger partial charge in [0.25, 0.3) is 0 Å². The minimum atomic E-state index is -3.45. The molecule has 1 aliphatic rings. The van der Waals surface area contributed by atoms with Gasteiger partial charge in [-0.3, -0.25) is 0 Å². The quantitative estimate of drug-likeness (QED) is 0.565. The van der Waals surface area contributed by atoms with E-state index in [0.29, 0.717) is 25.9 Å². The topological polar surface area (TPSA) is 106 Å². The van der Waals surface area contributed by atoms with Crippen LogP contribution >= 0.6 is 0 Å². The van der Waals surface area contributed by atoms with Crippen molar-refractivity contribution in [1.29, 1.82) is 0 Å². The fourth-order valence-electron chi connectivity index (χ4n) is 1.40. The molecular weight excluding hydrogens is 194 g/mol. The van der Waals surface area contributed by atoms with Crippen molar-refractivity contribution in [3.05, 3.63) is 0 Å². The van der Waals surface area contributed by atoms with Crippen molar-refractivity contribution in [2.75, 3.05) is 13.1 Å². The fourth-order valence-corrected chi connectivity index (χ4v) is 2.27. The first kappa shape index (κ1) is 10.3. The van der Waals surface area contributed by atoms with Crippen molar-refractivity contribution in [1.82, 2.24) is 4.90 Å². The number of rotatable bonds is 1. The average molecular weight is 207 g/mol. The minimum Gasteiger partial charge on any atom is -0.351 e. The Morgan fingerprint density at radius 1 is 1.31 bits per heavy atom. The van der Waals surface area contributed by atoms with Crippen LogP contribution in [-0.4, -0.2) is 37.7 Å². The van der Waals surface area contributed by atoms with Crippen molar-refractivity contribution in [2.45, 2.75) is 18.1 Å². The number of urea groups is 1. The molecule has 1 rings (SSSR count). The van der Waals surface area contributed by atoms with E-state index in [4.69, 9.17) is 10.9 Å². The summed E-state index contributed by atoms with van der Waals surface area (Å²) in [5.41, 5.74) is 5.03. The largest absolute Gasteiger partial charge is 0.351 e. The van der Waals surface area contributed by atoms with E-state index in [1.165, 1.54) is 4.90 Å². The monoisotopic (exact) mass is 207 g/mol. The first-order valence-corrected chi connectivity index (χ1v) is 5.58. The zero-order chi connectivity index (χ0) is 10.1. The van der Waals surface area contributed by atoms with Crippen LogP contribution in [0.25, 0.3) is 0 Å². The van der Waals surface area contributed by atoms with Crippen LogP contribution in [0.2, 0.25) is 0 Å². The van der Waals surface area contributed by atoms with E-state index >= 15 is 0 Å². The summed E-state index contributed by atoms with van der Waals surface area (Å²) in [6.07, 6.45) is 0.754. The predicted molar refractivity (Wildman–Crippen MR) is 47.3 cm³/mol. The smallest absolute Gasteiger partial charge is 0.314 e. The molecule has 2 amide bonds. The summed E-state index contributed by atoms with van der Waals surface area (Å²) in [6.45, 7) is 0.743. The second-order valence-corrected chi connectivity index (χ2v) is 4.96. The number of amides is 2. The molecule has 4 N–H and O–H groups in total. The Hall–Kier alpha value is -0.820. The normalized spacial score (nSPS) is 20.2. The highest BCUT2D eigenvalue weighted by atomic mass is 32.2. The van der Waals surface area contributed by atoms with Gasteiger partial charge in [0.1, 0.15) is 0 Å². The summed E-state index contributed by atoms with van der Waals surface area (Å²) < 4.78 is 21.8. The van der Waals surface area contributed by atoms with E-state index in [0.717, 1.165) is 0 Å². The molecule has 0 aromatic heterocycles. The Bertz CT molecular complexity index is 292. The van der Waals surface area contributed by atoms with Gasteiger partial charge < -0.3 is 10.6 Å². The Balaban J connectivity index is 2.53. The van der Waals surface area contributed by atoms with Crippen LogP contribution in [0.1, 0.15) is 12.8 Å². The van der Waals surface area contributed by atoms with Gasteiger partial charge in [-0.15, -0.1) is 0 Å². The molecule has 0 aromatic carbocycles. The number of nitrogens with zero attached hydrogens (tertiary/aromatic N) is 1. The van der Waals surface area contributed by atoms with Crippen molar-refractivity contribution in [3.8, 4) is 0 Å². The maximum Gasteiger partial charge on any atom is 0.314 e. The summed E-state index contributed by atoms with van der Waals surface area (Å²) >= 11 is 0. The van der Waals surface area contributed by atoms with Crippen LogP contribution in [0, 0.1) is 0 Å². The Morgan fingerprint density at radius 2 is 1.77 bits per heavy atom. The molecule has 6 nitrogen and oxygen atoms in total. The third-order valence-electron chi connectivity index (χ3n) is 2.22. The van der Waals surface area contributed by atoms with Crippen molar-refractivity contribution in [3.63, 3.8) is 0 Å². The van der Waals surface area contributed by atoms with E-state index in [2.05, 4.69) is 0 Å². The Labute approximate surface area is 76.9 Å². The number of primary sulfonamides is 1. The predicted octanol–water partition coefficient (Wildman–Crippen LogP) is -1.18. The molecule has 0 aromatic rings. The number of carbonyl (C=O) groups is 1. The Morgan fingerprint density at radius 3 is 2.08 bits per heavy atom. The number of piperidine rings is 1. The molecule has 1 heterocycles. The second kappa shape index (κ2) is 3.51. The number of nitrogens with two attached hydrogens (primary N) is 2. The van der Waals surface area contributed by atoms with Gasteiger partial charge in [-0.05, 0) is 12.8 Å². The van der Waals surface area contributed by atoms with Crippen molar-refractivity contribution >= 4 is 16.1 Å². The molecule has 0 radical (unpaired) electrons. The summed E-state index contributed by atoms with van der Waals surface area (Å²) in [6, 6.07) is -0.507. The van der Waals surface area contributed by atoms with Crippen LogP contribution in [0.15, 0.2) is 0 Å². The first-order chi connectivity index (χ1) is 5.91. The number of hydrogen-bond donors (Lipinski definition) is 2. The van der Waals surface area contributed by atoms with E-state index in [-0.39, 0.29) is 0 Å². The van der Waals surface area contributed by atoms with Gasteiger partial charge in [0.05, 0.1) is 5.25 Å². The molecule has 1 fully saturated rings. The van der Waals surface area contributed by atoms with Gasteiger partial charge in [-0.2, -0.15) is 0 Å². The summed E-state index contributed by atoms with van der Waals surface area (Å²) in [4.78, 5) is 12.1. The van der Waals surface area contributed by atoms with Gasteiger partial charge in [0.2, 0.25) is 10.0 Å². The highest BCUT2D eigenvalue weighted by Crippen LogP contribution is 2.15. The molecule has 76 valence electrons.